The highest BCUT2D eigenvalue weighted by molar-refractivity contribution is 7.93. The molecule has 10 nitrogen and oxygen atoms in total. The molecule has 1 aromatic carbocycles. The van der Waals surface area contributed by atoms with Crippen LogP contribution in [0.4, 0.5) is 5.95 Å². The van der Waals surface area contributed by atoms with Crippen LogP contribution in [0.5, 0.6) is 11.5 Å². The van der Waals surface area contributed by atoms with E-state index in [2.05, 4.69) is 34.8 Å². The first-order valence-corrected chi connectivity index (χ1v) is 18.4. The van der Waals surface area contributed by atoms with Gasteiger partial charge in [-0.25, -0.2) is 12.7 Å². The minimum Gasteiger partial charge on any atom is -0.494 e. The fourth-order valence-corrected chi connectivity index (χ4v) is 6.86. The van der Waals surface area contributed by atoms with E-state index in [9.17, 15) is 8.42 Å². The first kappa shape index (κ1) is 29.6. The van der Waals surface area contributed by atoms with Gasteiger partial charge in [0.2, 0.25) is 21.8 Å². The molecule has 0 fully saturated rings. The van der Waals surface area contributed by atoms with Crippen LogP contribution < -0.4 is 13.8 Å². The summed E-state index contributed by atoms with van der Waals surface area (Å²) < 4.78 is 48.7. The summed E-state index contributed by atoms with van der Waals surface area (Å²) in [6, 6.07) is 12.9. The summed E-state index contributed by atoms with van der Waals surface area (Å²) in [5.41, 5.74) is 1.08. The molecule has 0 saturated carbocycles. The molecule has 0 bridgehead atoms. The molecule has 0 saturated heterocycles. The van der Waals surface area contributed by atoms with Gasteiger partial charge in [0.25, 0.3) is 0 Å². The molecular formula is C27H34ClN5O5SSi. The van der Waals surface area contributed by atoms with E-state index in [1.165, 1.54) is 31.0 Å². The minimum atomic E-state index is -3.96. The van der Waals surface area contributed by atoms with Gasteiger partial charge >= 0.3 is 0 Å². The SMILES string of the molecule is COc1cccc(OC)c1-n1c(-c2ccco2)nnc1N(CC[Si](C)(C)C)S(=O)(=O)C(C)Cc1ccc(Cl)cn1. The average Bonchev–Trinajstić information content (AvgIpc) is 3.59. The van der Waals surface area contributed by atoms with Crippen molar-refractivity contribution >= 4 is 35.6 Å². The van der Waals surface area contributed by atoms with Crippen molar-refractivity contribution in [2.75, 3.05) is 25.1 Å². The maximum atomic E-state index is 14.3. The van der Waals surface area contributed by atoms with Crippen molar-refractivity contribution in [3.05, 3.63) is 65.6 Å². The Morgan fingerprint density at radius 1 is 1.05 bits per heavy atom. The van der Waals surface area contributed by atoms with Crippen LogP contribution in [0.15, 0.2) is 59.3 Å². The summed E-state index contributed by atoms with van der Waals surface area (Å²) in [6.45, 7) is 8.48. The molecule has 1 atom stereocenters. The van der Waals surface area contributed by atoms with Gasteiger partial charge in [-0.2, -0.15) is 0 Å². The first-order chi connectivity index (χ1) is 19.0. The van der Waals surface area contributed by atoms with Crippen molar-refractivity contribution in [3.63, 3.8) is 0 Å². The molecule has 4 rings (SSSR count). The molecule has 3 aromatic heterocycles. The maximum absolute atomic E-state index is 14.3. The molecule has 0 aliphatic rings. The highest BCUT2D eigenvalue weighted by Gasteiger charge is 2.36. The zero-order chi connectivity index (χ0) is 29.1. The minimum absolute atomic E-state index is 0.114. The summed E-state index contributed by atoms with van der Waals surface area (Å²) in [5, 5.41) is 8.51. The van der Waals surface area contributed by atoms with Gasteiger partial charge in [0, 0.05) is 32.9 Å². The van der Waals surface area contributed by atoms with E-state index in [4.69, 9.17) is 25.5 Å². The van der Waals surface area contributed by atoms with Crippen molar-refractivity contribution in [1.82, 2.24) is 19.7 Å². The second kappa shape index (κ2) is 12.0. The molecule has 0 aliphatic carbocycles. The summed E-state index contributed by atoms with van der Waals surface area (Å²) >= 11 is 5.99. The zero-order valence-corrected chi connectivity index (χ0v) is 26.0. The van der Waals surface area contributed by atoms with E-state index in [0.29, 0.717) is 45.5 Å². The third-order valence-corrected chi connectivity index (χ3v) is 10.5. The van der Waals surface area contributed by atoms with E-state index in [-0.39, 0.29) is 18.9 Å². The predicted molar refractivity (Wildman–Crippen MR) is 159 cm³/mol. The monoisotopic (exact) mass is 603 g/mol. The molecule has 0 N–H and O–H groups in total. The van der Waals surface area contributed by atoms with Gasteiger partial charge in [-0.1, -0.05) is 37.3 Å². The van der Waals surface area contributed by atoms with E-state index < -0.39 is 23.3 Å². The Morgan fingerprint density at radius 3 is 2.30 bits per heavy atom. The van der Waals surface area contributed by atoms with Crippen LogP contribution in [0.25, 0.3) is 17.3 Å². The van der Waals surface area contributed by atoms with Crippen LogP contribution in [-0.4, -0.2) is 62.3 Å². The molecular weight excluding hydrogens is 570 g/mol. The number of methoxy groups -OCH3 is 2. The van der Waals surface area contributed by atoms with Gasteiger partial charge < -0.3 is 13.9 Å². The standard InChI is InChI=1S/C27H34ClN5O5SSi/c1-19(17-21-13-12-20(28)18-29-21)39(34,35)32(14-16-40(4,5)6)27-31-30-26(24-11-8-15-38-24)33(27)25-22(36-2)9-7-10-23(25)37-3/h7-13,15,18-19H,14,16-17H2,1-6H3. The van der Waals surface area contributed by atoms with Crippen molar-refractivity contribution in [2.24, 2.45) is 0 Å². The number of anilines is 1. The van der Waals surface area contributed by atoms with Gasteiger partial charge in [0.1, 0.15) is 17.2 Å². The molecule has 0 aliphatic heterocycles. The second-order valence-electron chi connectivity index (χ2n) is 10.6. The van der Waals surface area contributed by atoms with E-state index in [1.54, 1.807) is 54.0 Å². The number of halogens is 1. The van der Waals surface area contributed by atoms with Crippen LogP contribution in [0.2, 0.25) is 30.7 Å². The van der Waals surface area contributed by atoms with Crippen molar-refractivity contribution < 1.29 is 22.3 Å². The van der Waals surface area contributed by atoms with Crippen LogP contribution in [0.3, 0.4) is 0 Å². The van der Waals surface area contributed by atoms with Gasteiger partial charge in [0.15, 0.2) is 5.76 Å². The van der Waals surface area contributed by atoms with Crippen LogP contribution in [0, 0.1) is 0 Å². The summed E-state index contributed by atoms with van der Waals surface area (Å²) in [5.74, 6) is 1.74. The predicted octanol–water partition coefficient (Wildman–Crippen LogP) is 5.70. The quantitative estimate of drug-likeness (QED) is 0.190. The smallest absolute Gasteiger partial charge is 0.246 e. The molecule has 1 unspecified atom stereocenters. The van der Waals surface area contributed by atoms with Crippen LogP contribution in [-0.2, 0) is 16.4 Å². The molecule has 214 valence electrons. The van der Waals surface area contributed by atoms with Crippen molar-refractivity contribution in [1.29, 1.82) is 0 Å². The first-order valence-electron chi connectivity index (χ1n) is 12.8. The van der Waals surface area contributed by atoms with Gasteiger partial charge in [0.05, 0.1) is 30.8 Å². The summed E-state index contributed by atoms with van der Waals surface area (Å²) in [7, 11) is -2.57. The number of furan rings is 1. The van der Waals surface area contributed by atoms with Crippen LogP contribution >= 0.6 is 11.6 Å². The highest BCUT2D eigenvalue weighted by atomic mass is 35.5. The average molecular weight is 604 g/mol. The number of pyridine rings is 1. The number of rotatable bonds is 12. The Morgan fingerprint density at radius 2 is 1.75 bits per heavy atom. The Kier molecular flexibility index (Phi) is 8.91. The lowest BCUT2D eigenvalue weighted by atomic mass is 10.2. The lowest BCUT2D eigenvalue weighted by molar-refractivity contribution is 0.391. The third kappa shape index (κ3) is 6.34. The van der Waals surface area contributed by atoms with E-state index in [1.807, 2.05) is 0 Å². The highest BCUT2D eigenvalue weighted by Crippen LogP contribution is 2.39. The zero-order valence-electron chi connectivity index (χ0n) is 23.5. The normalized spacial score (nSPS) is 12.8. The Bertz CT molecular complexity index is 1510. The Hall–Kier alpha value is -3.35. The number of hydrogen-bond acceptors (Lipinski definition) is 8. The molecule has 3 heterocycles. The number of nitrogens with zero attached hydrogens (tertiary/aromatic N) is 5. The molecule has 4 aromatic rings. The van der Waals surface area contributed by atoms with Gasteiger partial charge in [-0.15, -0.1) is 10.2 Å². The fraction of sp³-hybridized carbons (Fsp3) is 0.370. The number of aromatic nitrogens is 4. The van der Waals surface area contributed by atoms with E-state index in [0.717, 1.165) is 0 Å². The second-order valence-corrected chi connectivity index (χ2v) is 18.9. The number of benzene rings is 1. The number of sulfonamides is 1. The number of para-hydroxylation sites is 1. The third-order valence-electron chi connectivity index (χ3n) is 6.40. The lowest BCUT2D eigenvalue weighted by Crippen LogP contribution is -2.42. The molecule has 0 radical (unpaired) electrons. The fourth-order valence-electron chi connectivity index (χ4n) is 4.18. The van der Waals surface area contributed by atoms with E-state index >= 15 is 0 Å². The molecule has 40 heavy (non-hydrogen) atoms. The summed E-state index contributed by atoms with van der Waals surface area (Å²) in [4.78, 5) is 4.31. The Labute approximate surface area is 241 Å². The lowest BCUT2D eigenvalue weighted by Gasteiger charge is -2.29. The molecule has 0 amide bonds. The van der Waals surface area contributed by atoms with Gasteiger partial charge in [-0.3, -0.25) is 9.55 Å². The van der Waals surface area contributed by atoms with Gasteiger partial charge in [-0.05, 0) is 49.4 Å². The number of ether oxygens (including phenoxy) is 2. The summed E-state index contributed by atoms with van der Waals surface area (Å²) in [6.07, 6.45) is 3.23. The van der Waals surface area contributed by atoms with Crippen molar-refractivity contribution in [3.8, 4) is 28.8 Å². The largest absolute Gasteiger partial charge is 0.494 e. The number of hydrogen-bond donors (Lipinski definition) is 0. The maximum Gasteiger partial charge on any atom is 0.246 e. The Balaban J connectivity index is 1.92. The molecule has 0 spiro atoms. The van der Waals surface area contributed by atoms with Crippen LogP contribution in [0.1, 0.15) is 12.6 Å². The van der Waals surface area contributed by atoms with Crippen molar-refractivity contribution in [2.45, 2.75) is 44.3 Å². The topological polar surface area (TPSA) is 113 Å². The molecule has 13 heteroatoms.